The van der Waals surface area contributed by atoms with E-state index in [1.165, 1.54) is 51.4 Å². The first-order chi connectivity index (χ1) is 8.00. The summed E-state index contributed by atoms with van der Waals surface area (Å²) in [6, 6.07) is 0. The molecule has 0 aromatic heterocycles. The van der Waals surface area contributed by atoms with Crippen molar-refractivity contribution in [2.24, 2.45) is 0 Å². The zero-order valence-electron chi connectivity index (χ0n) is 11.8. The van der Waals surface area contributed by atoms with Crippen molar-refractivity contribution in [2.45, 2.75) is 51.4 Å². The Morgan fingerprint density at radius 2 is 0.600 bits per heavy atom. The van der Waals surface area contributed by atoms with Gasteiger partial charge in [0.1, 0.15) is 0 Å². The number of rotatable bonds is 0. The average Bonchev–Trinajstić information content (AvgIpc) is 2.15. The summed E-state index contributed by atoms with van der Waals surface area (Å²) < 4.78 is 0. The van der Waals surface area contributed by atoms with Crippen molar-refractivity contribution in [2.75, 3.05) is 0 Å². The fourth-order valence-corrected chi connectivity index (χ4v) is 1.75. The second-order valence-corrected chi connectivity index (χ2v) is 4.28. The van der Waals surface area contributed by atoms with Crippen LogP contribution in [0.4, 0.5) is 0 Å². The zero-order valence-corrected chi connectivity index (χ0v) is 16.7. The number of hydrogen-bond donors (Lipinski definition) is 0. The minimum atomic E-state index is 0. The summed E-state index contributed by atoms with van der Waals surface area (Å²) in [5.41, 5.74) is 0. The molecule has 0 amide bonds. The van der Waals surface area contributed by atoms with Crippen LogP contribution in [-0.2, 0) is 39.0 Å². The van der Waals surface area contributed by atoms with Crippen LogP contribution in [0.3, 0.4) is 0 Å². The number of halogens is 2. The van der Waals surface area contributed by atoms with Gasteiger partial charge in [0.25, 0.3) is 0 Å². The van der Waals surface area contributed by atoms with Crippen LogP contribution in [0.1, 0.15) is 51.4 Å². The summed E-state index contributed by atoms with van der Waals surface area (Å²) in [5.74, 6) is 0. The van der Waals surface area contributed by atoms with Crippen LogP contribution in [0.2, 0.25) is 0 Å². The Hall–Kier alpha value is 0.787. The molecule has 0 spiro atoms. The number of allylic oxidation sites excluding steroid dienone is 8. The SMILES string of the molecule is C1=CCCCCC=C1.C1=CCCCCC=C1.Cl.Cl.[Rh].[Rh]. The molecule has 0 aliphatic heterocycles. The predicted molar refractivity (Wildman–Crippen MR) is 88.0 cm³/mol. The molecule has 2 aliphatic carbocycles. The van der Waals surface area contributed by atoms with Crippen LogP contribution in [0.5, 0.6) is 0 Å². The largest absolute Gasteiger partial charge is 0.147 e. The summed E-state index contributed by atoms with van der Waals surface area (Å²) in [6.07, 6.45) is 28.0. The molecule has 2 aliphatic rings. The Labute approximate surface area is 163 Å². The van der Waals surface area contributed by atoms with E-state index in [-0.39, 0.29) is 63.8 Å². The van der Waals surface area contributed by atoms with Gasteiger partial charge in [-0.25, -0.2) is 0 Å². The fourth-order valence-electron chi connectivity index (χ4n) is 1.75. The molecule has 0 unspecified atom stereocenters. The smallest absolute Gasteiger partial charge is 0 e. The number of hydrogen-bond acceptors (Lipinski definition) is 0. The van der Waals surface area contributed by atoms with E-state index in [1.807, 2.05) is 0 Å². The van der Waals surface area contributed by atoms with Crippen LogP contribution >= 0.6 is 24.8 Å². The van der Waals surface area contributed by atoms with Crippen molar-refractivity contribution < 1.29 is 39.0 Å². The molecule has 2 rings (SSSR count). The molecule has 4 heteroatoms. The van der Waals surface area contributed by atoms with Crippen LogP contribution < -0.4 is 0 Å². The predicted octanol–water partition coefficient (Wildman–Crippen LogP) is 6.18. The van der Waals surface area contributed by atoms with Crippen molar-refractivity contribution in [1.29, 1.82) is 0 Å². The van der Waals surface area contributed by atoms with Crippen molar-refractivity contribution in [1.82, 2.24) is 0 Å². The maximum atomic E-state index is 2.23. The minimum Gasteiger partial charge on any atom is -0.147 e. The first-order valence-electron chi connectivity index (χ1n) is 6.63. The summed E-state index contributed by atoms with van der Waals surface area (Å²) in [5, 5.41) is 0. The summed E-state index contributed by atoms with van der Waals surface area (Å²) in [4.78, 5) is 0. The maximum absolute atomic E-state index is 2.23. The zero-order chi connectivity index (χ0) is 11.3. The van der Waals surface area contributed by atoms with E-state index in [1.54, 1.807) is 0 Å². The van der Waals surface area contributed by atoms with E-state index < -0.39 is 0 Å². The standard InChI is InChI=1S/2C8H12.2ClH.2Rh/c2*1-2-4-6-8-7-5-3-1;;;;/h2*1-4H,5-8H2;2*1H;;. The molecule has 0 heterocycles. The van der Waals surface area contributed by atoms with Gasteiger partial charge in [-0.05, 0) is 51.4 Å². The van der Waals surface area contributed by atoms with Gasteiger partial charge in [0.2, 0.25) is 0 Å². The third-order valence-electron chi connectivity index (χ3n) is 2.75. The molecule has 2 radical (unpaired) electrons. The summed E-state index contributed by atoms with van der Waals surface area (Å²) in [6.45, 7) is 0. The van der Waals surface area contributed by atoms with Gasteiger partial charge >= 0.3 is 0 Å². The van der Waals surface area contributed by atoms with E-state index in [0.717, 1.165) is 0 Å². The van der Waals surface area contributed by atoms with E-state index >= 15 is 0 Å². The Bertz CT molecular complexity index is 216. The van der Waals surface area contributed by atoms with Crippen LogP contribution in [0.15, 0.2) is 48.6 Å². The van der Waals surface area contributed by atoms with Crippen LogP contribution in [-0.4, -0.2) is 0 Å². The van der Waals surface area contributed by atoms with Gasteiger partial charge in [0.15, 0.2) is 0 Å². The van der Waals surface area contributed by atoms with Crippen LogP contribution in [0, 0.1) is 0 Å². The molecule has 0 aromatic rings. The topological polar surface area (TPSA) is 0 Å². The monoisotopic (exact) mass is 494 g/mol. The third-order valence-corrected chi connectivity index (χ3v) is 2.75. The molecule has 0 saturated heterocycles. The van der Waals surface area contributed by atoms with Gasteiger partial charge in [-0.15, -0.1) is 24.8 Å². The Morgan fingerprint density at radius 1 is 0.400 bits per heavy atom. The van der Waals surface area contributed by atoms with Gasteiger partial charge in [0.05, 0.1) is 0 Å². The quantitative estimate of drug-likeness (QED) is 0.352. The molecule has 0 aromatic carbocycles. The second-order valence-electron chi connectivity index (χ2n) is 4.28. The maximum Gasteiger partial charge on any atom is 0 e. The molecular weight excluding hydrogens is 469 g/mol. The van der Waals surface area contributed by atoms with E-state index in [9.17, 15) is 0 Å². The van der Waals surface area contributed by atoms with Gasteiger partial charge in [-0.1, -0.05) is 48.6 Å². The molecule has 0 fully saturated rings. The van der Waals surface area contributed by atoms with E-state index in [2.05, 4.69) is 48.6 Å². The molecule has 0 saturated carbocycles. The third kappa shape index (κ3) is 21.1. The Kier molecular flexibility index (Phi) is 35.8. The van der Waals surface area contributed by atoms with Gasteiger partial charge in [0, 0.05) is 39.0 Å². The summed E-state index contributed by atoms with van der Waals surface area (Å²) in [7, 11) is 0. The first kappa shape index (κ1) is 28.9. The summed E-state index contributed by atoms with van der Waals surface area (Å²) >= 11 is 0. The molecule has 0 bridgehead atoms. The van der Waals surface area contributed by atoms with Crippen molar-refractivity contribution in [3.8, 4) is 0 Å². The van der Waals surface area contributed by atoms with Gasteiger partial charge in [-0.2, -0.15) is 0 Å². The Morgan fingerprint density at radius 3 is 0.800 bits per heavy atom. The molecule has 0 N–H and O–H groups in total. The van der Waals surface area contributed by atoms with Crippen molar-refractivity contribution >= 4 is 24.8 Å². The Balaban J connectivity index is -0.000000107. The molecule has 0 atom stereocenters. The molecular formula is C16H26Cl2Rh2. The fraction of sp³-hybridized carbons (Fsp3) is 0.500. The second kappa shape index (κ2) is 24.8. The van der Waals surface area contributed by atoms with Crippen LogP contribution in [0.25, 0.3) is 0 Å². The first-order valence-corrected chi connectivity index (χ1v) is 6.63. The van der Waals surface area contributed by atoms with Gasteiger partial charge in [-0.3, -0.25) is 0 Å². The van der Waals surface area contributed by atoms with Crippen molar-refractivity contribution in [3.05, 3.63) is 48.6 Å². The molecule has 0 nitrogen and oxygen atoms in total. The van der Waals surface area contributed by atoms with E-state index in [4.69, 9.17) is 0 Å². The van der Waals surface area contributed by atoms with Gasteiger partial charge < -0.3 is 0 Å². The van der Waals surface area contributed by atoms with E-state index in [0.29, 0.717) is 0 Å². The van der Waals surface area contributed by atoms with Crippen molar-refractivity contribution in [3.63, 3.8) is 0 Å². The normalized spacial score (nSPS) is 16.0. The molecule has 122 valence electrons. The average molecular weight is 495 g/mol. The minimum absolute atomic E-state index is 0. The molecule has 20 heavy (non-hydrogen) atoms.